The highest BCUT2D eigenvalue weighted by Crippen LogP contribution is 2.23. The number of allylic oxidation sites excluding steroid dienone is 1. The van der Waals surface area contributed by atoms with E-state index in [0.717, 1.165) is 0 Å². The van der Waals surface area contributed by atoms with Gasteiger partial charge >= 0.3 is 11.9 Å². The van der Waals surface area contributed by atoms with Crippen LogP contribution in [-0.2, 0) is 19.1 Å². The molecule has 1 aromatic carbocycles. The summed E-state index contributed by atoms with van der Waals surface area (Å²) in [5, 5.41) is 0. The van der Waals surface area contributed by atoms with Crippen LogP contribution in [0.25, 0.3) is 0 Å². The zero-order chi connectivity index (χ0) is 19.5. The first-order valence-corrected chi connectivity index (χ1v) is 8.67. The fourth-order valence-electron chi connectivity index (χ4n) is 2.47. The molecule has 0 fully saturated rings. The minimum atomic E-state index is -1.22. The molecule has 0 heterocycles. The van der Waals surface area contributed by atoms with E-state index in [1.807, 2.05) is 6.92 Å². The van der Waals surface area contributed by atoms with Gasteiger partial charge in [-0.25, -0.2) is 0 Å². The fourth-order valence-corrected chi connectivity index (χ4v) is 2.47. The molecule has 0 amide bonds. The number of methoxy groups -OCH3 is 1. The van der Waals surface area contributed by atoms with Gasteiger partial charge in [0.15, 0.2) is 11.7 Å². The van der Waals surface area contributed by atoms with Crippen LogP contribution in [0.2, 0.25) is 0 Å². The Kier molecular flexibility index (Phi) is 9.12. The third-order valence-electron chi connectivity index (χ3n) is 3.66. The summed E-state index contributed by atoms with van der Waals surface area (Å²) in [6.45, 7) is 5.46. The van der Waals surface area contributed by atoms with Gasteiger partial charge in [-0.2, -0.15) is 0 Å². The normalized spacial score (nSPS) is 11.2. The van der Waals surface area contributed by atoms with Crippen LogP contribution in [0.3, 0.4) is 0 Å². The lowest BCUT2D eigenvalue weighted by molar-refractivity contribution is -0.159. The number of ketones is 1. The number of benzene rings is 1. The molecule has 26 heavy (non-hydrogen) atoms. The second-order valence-electron chi connectivity index (χ2n) is 5.45. The molecule has 0 aliphatic rings. The molecule has 0 bridgehead atoms. The molecule has 6 nitrogen and oxygen atoms in total. The van der Waals surface area contributed by atoms with E-state index in [-0.39, 0.29) is 25.4 Å². The van der Waals surface area contributed by atoms with E-state index in [4.69, 9.17) is 14.2 Å². The molecule has 0 aliphatic carbocycles. The Morgan fingerprint density at radius 2 is 1.50 bits per heavy atom. The summed E-state index contributed by atoms with van der Waals surface area (Å²) in [5.41, 5.74) is 0.865. The summed E-state index contributed by atoms with van der Waals surface area (Å²) in [6, 6.07) is 6.66. The van der Waals surface area contributed by atoms with E-state index in [1.165, 1.54) is 0 Å². The van der Waals surface area contributed by atoms with Crippen LogP contribution in [0.15, 0.2) is 35.9 Å². The number of ether oxygens (including phenoxy) is 3. The van der Waals surface area contributed by atoms with E-state index in [9.17, 15) is 14.4 Å². The quantitative estimate of drug-likeness (QED) is 0.275. The number of carbonyl (C=O) groups is 3. The van der Waals surface area contributed by atoms with Crippen molar-refractivity contribution in [1.82, 2.24) is 0 Å². The third kappa shape index (κ3) is 6.02. The summed E-state index contributed by atoms with van der Waals surface area (Å²) in [7, 11) is 1.54. The third-order valence-corrected chi connectivity index (χ3v) is 3.66. The van der Waals surface area contributed by atoms with Crippen molar-refractivity contribution in [2.75, 3.05) is 20.3 Å². The number of esters is 2. The van der Waals surface area contributed by atoms with Crippen LogP contribution < -0.4 is 4.74 Å². The van der Waals surface area contributed by atoms with E-state index < -0.39 is 17.9 Å². The molecule has 6 heteroatoms. The first-order valence-electron chi connectivity index (χ1n) is 8.67. The standard InChI is InChI=1S/C20H26O6/c1-5-8-15(18(19(22)25-6-2)20(23)26-7-3)13-17(21)14-9-11-16(24-4)12-10-14/h8-12,18H,5-7,13H2,1-4H3/b15-8+. The van der Waals surface area contributed by atoms with Crippen molar-refractivity contribution in [3.63, 3.8) is 0 Å². The van der Waals surface area contributed by atoms with Crippen molar-refractivity contribution in [1.29, 1.82) is 0 Å². The summed E-state index contributed by atoms with van der Waals surface area (Å²) >= 11 is 0. The smallest absolute Gasteiger partial charge is 0.324 e. The van der Waals surface area contributed by atoms with Gasteiger partial charge in [0.25, 0.3) is 0 Å². The lowest BCUT2D eigenvalue weighted by Gasteiger charge is -2.17. The monoisotopic (exact) mass is 362 g/mol. The maximum atomic E-state index is 12.6. The summed E-state index contributed by atoms with van der Waals surface area (Å²) in [4.78, 5) is 37.2. The summed E-state index contributed by atoms with van der Waals surface area (Å²) < 4.78 is 15.1. The number of carbonyl (C=O) groups excluding carboxylic acids is 3. The predicted molar refractivity (Wildman–Crippen MR) is 97.1 cm³/mol. The first-order chi connectivity index (χ1) is 12.5. The van der Waals surface area contributed by atoms with Gasteiger partial charge < -0.3 is 14.2 Å². The van der Waals surface area contributed by atoms with Crippen molar-refractivity contribution in [3.05, 3.63) is 41.5 Å². The van der Waals surface area contributed by atoms with Gasteiger partial charge in [0.1, 0.15) is 5.75 Å². The minimum absolute atomic E-state index is 0.0670. The minimum Gasteiger partial charge on any atom is -0.497 e. The van der Waals surface area contributed by atoms with Crippen LogP contribution >= 0.6 is 0 Å². The average Bonchev–Trinajstić information content (AvgIpc) is 2.62. The van der Waals surface area contributed by atoms with E-state index >= 15 is 0 Å². The first kappa shape index (κ1) is 21.4. The van der Waals surface area contributed by atoms with Gasteiger partial charge in [-0.3, -0.25) is 14.4 Å². The molecule has 0 unspecified atom stereocenters. The maximum absolute atomic E-state index is 12.6. The van der Waals surface area contributed by atoms with Gasteiger partial charge in [-0.05, 0) is 50.1 Å². The SMILES string of the molecule is CC/C=C(\CC(=O)c1ccc(OC)cc1)C(C(=O)OCC)C(=O)OCC. The highest BCUT2D eigenvalue weighted by Gasteiger charge is 2.34. The Morgan fingerprint density at radius 1 is 0.962 bits per heavy atom. The highest BCUT2D eigenvalue weighted by atomic mass is 16.6. The van der Waals surface area contributed by atoms with Crippen molar-refractivity contribution in [3.8, 4) is 5.75 Å². The summed E-state index contributed by atoms with van der Waals surface area (Å²) in [6.07, 6.45) is 2.21. The Bertz CT molecular complexity index is 627. The molecule has 0 radical (unpaired) electrons. The Balaban J connectivity index is 3.08. The van der Waals surface area contributed by atoms with Gasteiger partial charge in [-0.1, -0.05) is 13.0 Å². The molecule has 0 atom stereocenters. The van der Waals surface area contributed by atoms with Crippen molar-refractivity contribution in [2.45, 2.75) is 33.6 Å². The molecule has 1 rings (SSSR count). The van der Waals surface area contributed by atoms with Crippen LogP contribution in [-0.4, -0.2) is 38.0 Å². The predicted octanol–water partition coefficient (Wildman–Crippen LogP) is 3.35. The Morgan fingerprint density at radius 3 is 1.92 bits per heavy atom. The topological polar surface area (TPSA) is 78.9 Å². The van der Waals surface area contributed by atoms with Gasteiger partial charge in [0.05, 0.1) is 20.3 Å². The number of hydrogen-bond acceptors (Lipinski definition) is 6. The fraction of sp³-hybridized carbons (Fsp3) is 0.450. The second kappa shape index (κ2) is 11.1. The number of Topliss-reactive ketones (excluding diaryl/α,β-unsaturated/α-hetero) is 1. The lowest BCUT2D eigenvalue weighted by Crippen LogP contribution is -2.30. The van der Waals surface area contributed by atoms with Crippen LogP contribution in [0.4, 0.5) is 0 Å². The van der Waals surface area contributed by atoms with Gasteiger partial charge in [-0.15, -0.1) is 0 Å². The molecule has 142 valence electrons. The summed E-state index contributed by atoms with van der Waals surface area (Å²) in [5.74, 6) is -2.19. The number of rotatable bonds is 10. The van der Waals surface area contributed by atoms with E-state index in [1.54, 1.807) is 51.3 Å². The Hall–Kier alpha value is -2.63. The Labute approximate surface area is 154 Å². The van der Waals surface area contributed by atoms with Crippen molar-refractivity contribution >= 4 is 17.7 Å². The second-order valence-corrected chi connectivity index (χ2v) is 5.45. The van der Waals surface area contributed by atoms with Crippen LogP contribution in [0.5, 0.6) is 5.75 Å². The zero-order valence-corrected chi connectivity index (χ0v) is 15.7. The largest absolute Gasteiger partial charge is 0.497 e. The molecule has 0 saturated carbocycles. The molecular weight excluding hydrogens is 336 g/mol. The molecule has 0 spiro atoms. The molecule has 0 saturated heterocycles. The molecule has 0 aliphatic heterocycles. The van der Waals surface area contributed by atoms with Crippen molar-refractivity contribution in [2.24, 2.45) is 5.92 Å². The van der Waals surface area contributed by atoms with E-state index in [0.29, 0.717) is 23.3 Å². The van der Waals surface area contributed by atoms with E-state index in [2.05, 4.69) is 0 Å². The molecule has 0 N–H and O–H groups in total. The lowest BCUT2D eigenvalue weighted by atomic mass is 9.91. The molecule has 0 aromatic heterocycles. The highest BCUT2D eigenvalue weighted by molar-refractivity contribution is 6.02. The van der Waals surface area contributed by atoms with Crippen molar-refractivity contribution < 1.29 is 28.6 Å². The average molecular weight is 362 g/mol. The van der Waals surface area contributed by atoms with Crippen LogP contribution in [0, 0.1) is 5.92 Å². The number of hydrogen-bond donors (Lipinski definition) is 0. The zero-order valence-electron chi connectivity index (χ0n) is 15.7. The van der Waals surface area contributed by atoms with Gasteiger partial charge in [0, 0.05) is 12.0 Å². The molecule has 1 aromatic rings. The maximum Gasteiger partial charge on any atom is 0.324 e. The molecular formula is C20H26O6. The van der Waals surface area contributed by atoms with Gasteiger partial charge in [0.2, 0.25) is 0 Å². The van der Waals surface area contributed by atoms with Crippen LogP contribution in [0.1, 0.15) is 44.0 Å².